The van der Waals surface area contributed by atoms with Crippen molar-refractivity contribution in [3.63, 3.8) is 0 Å². The Hall–Kier alpha value is -1.34. The number of carbonyl (C=O) groups is 2. The second kappa shape index (κ2) is 11.2. The molecule has 1 saturated heterocycles. The number of nitrogens with one attached hydrogen (secondary N) is 1. The van der Waals surface area contributed by atoms with Gasteiger partial charge >= 0.3 is 6.09 Å². The maximum absolute atomic E-state index is 13.2. The molecule has 7 nitrogen and oxygen atoms in total. The Kier molecular flexibility index (Phi) is 10.0. The van der Waals surface area contributed by atoms with E-state index < -0.39 is 28.9 Å². The summed E-state index contributed by atoms with van der Waals surface area (Å²) in [6, 6.07) is -0.321. The highest BCUT2D eigenvalue weighted by Gasteiger charge is 2.51. The first-order chi connectivity index (χ1) is 14.6. The van der Waals surface area contributed by atoms with E-state index in [9.17, 15) is 14.7 Å². The topological polar surface area (TPSA) is 88.1 Å². The Labute approximate surface area is 195 Å². The summed E-state index contributed by atoms with van der Waals surface area (Å²) in [5.74, 6) is 0.235. The van der Waals surface area contributed by atoms with E-state index in [-0.39, 0.29) is 30.4 Å². The summed E-state index contributed by atoms with van der Waals surface area (Å²) in [5.41, 5.74) is -1.99. The van der Waals surface area contributed by atoms with Crippen molar-refractivity contribution < 1.29 is 24.2 Å². The summed E-state index contributed by atoms with van der Waals surface area (Å²) in [5, 5.41) is 13.0. The standard InChI is InChI=1S/C25H48N2O5/c1-11-12-13-24(7,8)21(29)26-15-20-19(14-18(16-28)17(2)3)27(25(9,10)31-20)22(30)32-23(4,5)6/h17-20,28H,11-16H2,1-10H3,(H,26,29)/t18?,19-,20?/m0/s1. The zero-order valence-corrected chi connectivity index (χ0v) is 22.1. The molecule has 0 spiro atoms. The minimum Gasteiger partial charge on any atom is -0.444 e. The number of nitrogens with zero attached hydrogens (tertiary/aromatic N) is 1. The number of aliphatic hydroxyl groups excluding tert-OH is 1. The summed E-state index contributed by atoms with van der Waals surface area (Å²) >= 11 is 0. The van der Waals surface area contributed by atoms with E-state index in [1.807, 2.05) is 48.5 Å². The second-order valence-corrected chi connectivity index (χ2v) is 11.6. The maximum atomic E-state index is 13.2. The lowest BCUT2D eigenvalue weighted by molar-refractivity contribution is -0.131. The van der Waals surface area contributed by atoms with Gasteiger partial charge in [-0.25, -0.2) is 4.79 Å². The quantitative estimate of drug-likeness (QED) is 0.497. The molecule has 32 heavy (non-hydrogen) atoms. The molecule has 1 heterocycles. The number of amides is 2. The van der Waals surface area contributed by atoms with Crippen LogP contribution in [0.2, 0.25) is 0 Å². The lowest BCUT2D eigenvalue weighted by Crippen LogP contribution is -2.52. The van der Waals surface area contributed by atoms with Crippen molar-refractivity contribution in [2.75, 3.05) is 13.2 Å². The number of hydrogen-bond donors (Lipinski definition) is 2. The molecule has 1 aliphatic heterocycles. The highest BCUT2D eigenvalue weighted by molar-refractivity contribution is 5.81. The third-order valence-electron chi connectivity index (χ3n) is 6.33. The number of aliphatic hydroxyl groups is 1. The molecule has 1 aliphatic rings. The van der Waals surface area contributed by atoms with Crippen LogP contribution in [0.15, 0.2) is 0 Å². The summed E-state index contributed by atoms with van der Waals surface area (Å²) in [4.78, 5) is 27.7. The number of carbonyl (C=O) groups excluding carboxylic acids is 2. The maximum Gasteiger partial charge on any atom is 0.412 e. The molecule has 188 valence electrons. The number of hydrogen-bond acceptors (Lipinski definition) is 5. The monoisotopic (exact) mass is 456 g/mol. The Morgan fingerprint density at radius 1 is 1.19 bits per heavy atom. The fourth-order valence-corrected chi connectivity index (χ4v) is 4.21. The minimum atomic E-state index is -0.892. The molecule has 2 N–H and O–H groups in total. The Morgan fingerprint density at radius 2 is 1.78 bits per heavy atom. The van der Waals surface area contributed by atoms with Gasteiger partial charge in [0.1, 0.15) is 11.3 Å². The van der Waals surface area contributed by atoms with Crippen LogP contribution in [0.5, 0.6) is 0 Å². The molecule has 0 saturated carbocycles. The molecule has 7 heteroatoms. The molecule has 0 aliphatic carbocycles. The third kappa shape index (κ3) is 7.91. The van der Waals surface area contributed by atoms with Gasteiger partial charge in [-0.15, -0.1) is 0 Å². The summed E-state index contributed by atoms with van der Waals surface area (Å²) in [6.45, 7) is 19.7. The first-order valence-corrected chi connectivity index (χ1v) is 12.1. The van der Waals surface area contributed by atoms with E-state index in [2.05, 4.69) is 26.1 Å². The second-order valence-electron chi connectivity index (χ2n) is 11.6. The van der Waals surface area contributed by atoms with E-state index in [1.54, 1.807) is 4.90 Å². The molecule has 0 radical (unpaired) electrons. The van der Waals surface area contributed by atoms with Crippen molar-refractivity contribution in [3.05, 3.63) is 0 Å². The van der Waals surface area contributed by atoms with Gasteiger partial charge in [-0.05, 0) is 59.3 Å². The summed E-state index contributed by atoms with van der Waals surface area (Å²) in [7, 11) is 0. The zero-order chi connectivity index (χ0) is 24.9. The van der Waals surface area contributed by atoms with E-state index in [0.717, 1.165) is 19.3 Å². The van der Waals surface area contributed by atoms with Crippen molar-refractivity contribution in [2.24, 2.45) is 17.3 Å². The lowest BCUT2D eigenvalue weighted by atomic mass is 9.85. The van der Waals surface area contributed by atoms with Gasteiger partial charge in [-0.3, -0.25) is 9.69 Å². The Morgan fingerprint density at radius 3 is 2.25 bits per heavy atom. The zero-order valence-electron chi connectivity index (χ0n) is 22.1. The number of ether oxygens (including phenoxy) is 2. The van der Waals surface area contributed by atoms with Gasteiger partial charge in [0.15, 0.2) is 0 Å². The third-order valence-corrected chi connectivity index (χ3v) is 6.33. The highest BCUT2D eigenvalue weighted by Crippen LogP contribution is 2.37. The molecule has 2 amide bonds. The van der Waals surface area contributed by atoms with Crippen LogP contribution in [0.1, 0.15) is 94.9 Å². The van der Waals surface area contributed by atoms with Crippen LogP contribution in [0.3, 0.4) is 0 Å². The van der Waals surface area contributed by atoms with Crippen molar-refractivity contribution in [1.29, 1.82) is 0 Å². The fourth-order valence-electron chi connectivity index (χ4n) is 4.21. The highest BCUT2D eigenvalue weighted by atomic mass is 16.6. The van der Waals surface area contributed by atoms with Crippen LogP contribution < -0.4 is 5.32 Å². The van der Waals surface area contributed by atoms with Crippen molar-refractivity contribution in [3.8, 4) is 0 Å². The smallest absolute Gasteiger partial charge is 0.412 e. The van der Waals surface area contributed by atoms with Crippen molar-refractivity contribution in [1.82, 2.24) is 10.2 Å². The SMILES string of the molecule is CCCCC(C)(C)C(=O)NCC1OC(C)(C)N(C(=O)OC(C)(C)C)[C@H]1CC(CO)C(C)C. The molecule has 2 unspecified atom stereocenters. The predicted molar refractivity (Wildman–Crippen MR) is 127 cm³/mol. The first kappa shape index (κ1) is 28.7. The van der Waals surface area contributed by atoms with Crippen LogP contribution in [0.4, 0.5) is 4.79 Å². The van der Waals surface area contributed by atoms with Crippen LogP contribution in [0, 0.1) is 17.3 Å². The molecule has 0 aromatic carbocycles. The van der Waals surface area contributed by atoms with Crippen molar-refractivity contribution >= 4 is 12.0 Å². The molecule has 1 rings (SSSR count). The van der Waals surface area contributed by atoms with E-state index in [1.165, 1.54) is 0 Å². The van der Waals surface area contributed by atoms with Gasteiger partial charge in [0.25, 0.3) is 0 Å². The molecule has 0 bridgehead atoms. The largest absolute Gasteiger partial charge is 0.444 e. The van der Waals surface area contributed by atoms with Crippen molar-refractivity contribution in [2.45, 2.75) is 118 Å². The Balaban J connectivity index is 3.11. The van der Waals surface area contributed by atoms with Crippen LogP contribution >= 0.6 is 0 Å². The average molecular weight is 457 g/mol. The van der Waals surface area contributed by atoms with Gasteiger partial charge < -0.3 is 19.9 Å². The van der Waals surface area contributed by atoms with E-state index in [4.69, 9.17) is 9.47 Å². The van der Waals surface area contributed by atoms with Gasteiger partial charge in [-0.2, -0.15) is 0 Å². The van der Waals surface area contributed by atoms with Crippen LogP contribution in [-0.2, 0) is 14.3 Å². The minimum absolute atomic E-state index is 0.00151. The summed E-state index contributed by atoms with van der Waals surface area (Å²) in [6.07, 6.45) is 2.59. The molecular formula is C25H48N2O5. The molecule has 1 fully saturated rings. The van der Waals surface area contributed by atoms with E-state index >= 15 is 0 Å². The Bertz CT molecular complexity index is 624. The number of rotatable bonds is 10. The lowest BCUT2D eigenvalue weighted by Gasteiger charge is -2.36. The molecule has 3 atom stereocenters. The molecule has 0 aromatic heterocycles. The van der Waals surface area contributed by atoms with Gasteiger partial charge in [0.2, 0.25) is 5.91 Å². The van der Waals surface area contributed by atoms with E-state index in [0.29, 0.717) is 13.0 Å². The fraction of sp³-hybridized carbons (Fsp3) is 0.920. The van der Waals surface area contributed by atoms with Crippen LogP contribution in [-0.4, -0.2) is 58.6 Å². The van der Waals surface area contributed by atoms with Gasteiger partial charge in [-0.1, -0.05) is 47.5 Å². The normalized spacial score (nSPS) is 22.2. The predicted octanol–water partition coefficient (Wildman–Crippen LogP) is 4.71. The van der Waals surface area contributed by atoms with Gasteiger partial charge in [0, 0.05) is 18.6 Å². The first-order valence-electron chi connectivity index (χ1n) is 12.1. The summed E-state index contributed by atoms with van der Waals surface area (Å²) < 4.78 is 12.0. The molecular weight excluding hydrogens is 408 g/mol. The average Bonchev–Trinajstić information content (AvgIpc) is 2.90. The molecule has 0 aromatic rings. The number of unbranched alkanes of at least 4 members (excludes halogenated alkanes) is 1. The van der Waals surface area contributed by atoms with Crippen LogP contribution in [0.25, 0.3) is 0 Å². The van der Waals surface area contributed by atoms with Gasteiger partial charge in [0.05, 0.1) is 12.1 Å².